The second kappa shape index (κ2) is 7.99. The summed E-state index contributed by atoms with van der Waals surface area (Å²) in [5, 5.41) is 2.99. The second-order valence-corrected chi connectivity index (χ2v) is 6.21. The number of anilines is 1. The Morgan fingerprint density at radius 2 is 1.91 bits per heavy atom. The minimum absolute atomic E-state index is 0.0280. The van der Waals surface area contributed by atoms with E-state index >= 15 is 0 Å². The maximum absolute atomic E-state index is 12.7. The summed E-state index contributed by atoms with van der Waals surface area (Å²) in [4.78, 5) is 27.9. The van der Waals surface area contributed by atoms with Gasteiger partial charge >= 0.3 is 0 Å². The Hall–Kier alpha value is -2.04. The molecule has 5 nitrogen and oxygen atoms in total. The molecule has 0 unspecified atom stereocenters. The average Bonchev–Trinajstić information content (AvgIpc) is 2.54. The fourth-order valence-corrected chi connectivity index (χ4v) is 3.13. The second-order valence-electron chi connectivity index (χ2n) is 6.21. The van der Waals surface area contributed by atoms with Crippen LogP contribution in [0.5, 0.6) is 0 Å². The molecule has 1 aliphatic rings. The van der Waals surface area contributed by atoms with Crippen LogP contribution in [0.2, 0.25) is 0 Å². The molecule has 1 aliphatic heterocycles. The van der Waals surface area contributed by atoms with Crippen molar-refractivity contribution in [1.82, 2.24) is 10.2 Å². The van der Waals surface area contributed by atoms with Crippen molar-refractivity contribution in [3.05, 3.63) is 29.8 Å². The highest BCUT2D eigenvalue weighted by Crippen LogP contribution is 2.25. The number of amides is 2. The number of nitrogens with one attached hydrogen (secondary N) is 1. The van der Waals surface area contributed by atoms with E-state index in [1.54, 1.807) is 11.8 Å². The summed E-state index contributed by atoms with van der Waals surface area (Å²) < 4.78 is 0. The molecular weight excluding hydrogens is 290 g/mol. The van der Waals surface area contributed by atoms with Crippen LogP contribution in [0.3, 0.4) is 0 Å². The van der Waals surface area contributed by atoms with Gasteiger partial charge in [-0.1, -0.05) is 19.1 Å². The first kappa shape index (κ1) is 17.3. The number of hydrogen-bond donors (Lipinski definition) is 1. The monoisotopic (exact) mass is 317 g/mol. The fourth-order valence-electron chi connectivity index (χ4n) is 3.13. The quantitative estimate of drug-likeness (QED) is 0.906. The first-order valence-electron chi connectivity index (χ1n) is 8.39. The lowest BCUT2D eigenvalue weighted by Crippen LogP contribution is -2.44. The summed E-state index contributed by atoms with van der Waals surface area (Å²) in [5.74, 6) is 0.103. The number of carbonyl (C=O) groups is 2. The number of rotatable bonds is 5. The smallest absolute Gasteiger partial charge is 0.255 e. The third-order valence-electron chi connectivity index (χ3n) is 4.28. The van der Waals surface area contributed by atoms with Crippen molar-refractivity contribution in [3.63, 3.8) is 0 Å². The molecule has 126 valence electrons. The number of para-hydroxylation sites is 1. The largest absolute Gasteiger partial charge is 0.371 e. The molecule has 1 N–H and O–H groups in total. The van der Waals surface area contributed by atoms with Crippen molar-refractivity contribution < 1.29 is 9.59 Å². The lowest BCUT2D eigenvalue weighted by Gasteiger charge is -2.35. The fraction of sp³-hybridized carbons (Fsp3) is 0.556. The van der Waals surface area contributed by atoms with Gasteiger partial charge in [0.25, 0.3) is 5.91 Å². The van der Waals surface area contributed by atoms with Gasteiger partial charge in [-0.3, -0.25) is 9.59 Å². The number of hydrogen-bond acceptors (Lipinski definition) is 3. The van der Waals surface area contributed by atoms with Gasteiger partial charge in [0.05, 0.1) is 5.56 Å². The highest BCUT2D eigenvalue weighted by atomic mass is 16.2. The Kier molecular flexibility index (Phi) is 6.02. The highest BCUT2D eigenvalue weighted by Gasteiger charge is 2.24. The molecule has 1 fully saturated rings. The van der Waals surface area contributed by atoms with Gasteiger partial charge in [0.2, 0.25) is 5.91 Å². The molecule has 1 aromatic rings. The van der Waals surface area contributed by atoms with Crippen LogP contribution in [-0.4, -0.2) is 49.4 Å². The number of carbonyl (C=O) groups excluding carboxylic acids is 2. The molecular formula is C18H27N3O2. The van der Waals surface area contributed by atoms with Crippen LogP contribution in [0.4, 0.5) is 5.69 Å². The average molecular weight is 317 g/mol. The van der Waals surface area contributed by atoms with Gasteiger partial charge < -0.3 is 15.1 Å². The summed E-state index contributed by atoms with van der Waals surface area (Å²) in [6.07, 6.45) is 2.77. The van der Waals surface area contributed by atoms with E-state index < -0.39 is 0 Å². The Morgan fingerprint density at radius 1 is 1.26 bits per heavy atom. The molecule has 2 amide bonds. The zero-order chi connectivity index (χ0) is 16.8. The van der Waals surface area contributed by atoms with E-state index in [-0.39, 0.29) is 17.9 Å². The molecule has 0 spiro atoms. The number of benzene rings is 1. The number of nitrogens with zero attached hydrogens (tertiary/aromatic N) is 2. The van der Waals surface area contributed by atoms with Crippen molar-refractivity contribution in [3.8, 4) is 0 Å². The molecule has 0 aromatic heterocycles. The van der Waals surface area contributed by atoms with Crippen LogP contribution in [0.1, 0.15) is 43.5 Å². The Balaban J connectivity index is 2.09. The molecule has 1 heterocycles. The zero-order valence-electron chi connectivity index (χ0n) is 14.3. The summed E-state index contributed by atoms with van der Waals surface area (Å²) in [5.41, 5.74) is 1.77. The highest BCUT2D eigenvalue weighted by molar-refractivity contribution is 5.99. The van der Waals surface area contributed by atoms with Crippen LogP contribution in [0.15, 0.2) is 24.3 Å². The van der Waals surface area contributed by atoms with E-state index in [9.17, 15) is 9.59 Å². The lowest BCUT2D eigenvalue weighted by atomic mass is 10.0. The van der Waals surface area contributed by atoms with Crippen LogP contribution in [0, 0.1) is 0 Å². The summed E-state index contributed by atoms with van der Waals surface area (Å²) in [7, 11) is 1.85. The van der Waals surface area contributed by atoms with Crippen molar-refractivity contribution in [2.45, 2.75) is 39.2 Å². The third kappa shape index (κ3) is 4.47. The summed E-state index contributed by atoms with van der Waals surface area (Å²) in [6.45, 7) is 6.10. The molecule has 0 radical (unpaired) electrons. The topological polar surface area (TPSA) is 52.7 Å². The molecule has 0 bridgehead atoms. The van der Waals surface area contributed by atoms with Gasteiger partial charge in [-0.15, -0.1) is 0 Å². The maximum Gasteiger partial charge on any atom is 0.255 e. The molecule has 1 aromatic carbocycles. The van der Waals surface area contributed by atoms with E-state index in [2.05, 4.69) is 17.1 Å². The summed E-state index contributed by atoms with van der Waals surface area (Å²) in [6, 6.07) is 8.07. The molecule has 0 atom stereocenters. The predicted molar refractivity (Wildman–Crippen MR) is 92.7 cm³/mol. The van der Waals surface area contributed by atoms with E-state index in [1.807, 2.05) is 31.3 Å². The van der Waals surface area contributed by atoms with Crippen LogP contribution >= 0.6 is 0 Å². The Labute approximate surface area is 138 Å². The minimum Gasteiger partial charge on any atom is -0.371 e. The predicted octanol–water partition coefficient (Wildman–Crippen LogP) is 2.27. The lowest BCUT2D eigenvalue weighted by molar-refractivity contribution is -0.119. The summed E-state index contributed by atoms with van der Waals surface area (Å²) >= 11 is 0. The molecule has 0 saturated carbocycles. The molecule has 23 heavy (non-hydrogen) atoms. The van der Waals surface area contributed by atoms with Gasteiger partial charge in [0.15, 0.2) is 0 Å². The van der Waals surface area contributed by atoms with E-state index in [0.29, 0.717) is 0 Å². The van der Waals surface area contributed by atoms with Gasteiger partial charge in [0, 0.05) is 45.3 Å². The van der Waals surface area contributed by atoms with Gasteiger partial charge in [0.1, 0.15) is 0 Å². The first-order valence-corrected chi connectivity index (χ1v) is 8.39. The van der Waals surface area contributed by atoms with E-state index in [4.69, 9.17) is 0 Å². The molecule has 5 heteroatoms. The number of piperidine rings is 1. The standard InChI is InChI=1S/C18H27N3O2/c1-4-11-20(3)18(23)16-7-5-6-8-17(16)21-12-9-15(10-13-21)19-14(2)22/h5-8,15H,4,9-13H2,1-3H3,(H,19,22). The molecule has 1 saturated heterocycles. The van der Waals surface area contributed by atoms with Gasteiger partial charge in [-0.05, 0) is 31.4 Å². The zero-order valence-corrected chi connectivity index (χ0v) is 14.3. The Morgan fingerprint density at radius 3 is 2.52 bits per heavy atom. The third-order valence-corrected chi connectivity index (χ3v) is 4.28. The normalized spacial score (nSPS) is 15.3. The molecule has 2 rings (SSSR count). The van der Waals surface area contributed by atoms with Gasteiger partial charge in [-0.2, -0.15) is 0 Å². The van der Waals surface area contributed by atoms with E-state index in [0.717, 1.165) is 50.1 Å². The van der Waals surface area contributed by atoms with Crippen molar-refractivity contribution in [2.75, 3.05) is 31.6 Å². The van der Waals surface area contributed by atoms with Crippen LogP contribution in [-0.2, 0) is 4.79 Å². The van der Waals surface area contributed by atoms with Crippen LogP contribution in [0.25, 0.3) is 0 Å². The van der Waals surface area contributed by atoms with Crippen molar-refractivity contribution in [1.29, 1.82) is 0 Å². The Bertz CT molecular complexity index is 551. The van der Waals surface area contributed by atoms with Crippen molar-refractivity contribution >= 4 is 17.5 Å². The molecule has 0 aliphatic carbocycles. The van der Waals surface area contributed by atoms with Crippen molar-refractivity contribution in [2.24, 2.45) is 0 Å². The van der Waals surface area contributed by atoms with Gasteiger partial charge in [-0.25, -0.2) is 0 Å². The minimum atomic E-state index is 0.0280. The van der Waals surface area contributed by atoms with Crippen LogP contribution < -0.4 is 10.2 Å². The first-order chi connectivity index (χ1) is 11.0. The SMILES string of the molecule is CCCN(C)C(=O)c1ccccc1N1CCC(NC(C)=O)CC1. The maximum atomic E-state index is 12.7. The van der Waals surface area contributed by atoms with E-state index in [1.165, 1.54) is 0 Å².